The first-order chi connectivity index (χ1) is 19.1. The monoisotopic (exact) mass is 549 g/mol. The number of rotatable bonds is 6. The molecule has 2 aliphatic rings. The molecule has 2 aliphatic heterocycles. The molecule has 0 saturated carbocycles. The van der Waals surface area contributed by atoms with Crippen molar-refractivity contribution in [2.75, 3.05) is 46.6 Å². The summed E-state index contributed by atoms with van der Waals surface area (Å²) in [7, 11) is 0. The van der Waals surface area contributed by atoms with Gasteiger partial charge < -0.3 is 53.6 Å². The van der Waals surface area contributed by atoms with Crippen molar-refractivity contribution < 1.29 is 15.0 Å². The molecule has 2 fully saturated rings. The predicted molar refractivity (Wildman–Crippen MR) is 153 cm³/mol. The topological polar surface area (TPSA) is 231 Å². The smallest absolute Gasteiger partial charge is 0.259 e. The molecule has 0 bridgehead atoms. The number of phenolic OH excluding ortho intramolecular Hbond substituents is 2. The number of aromatic hydroxyl groups is 2. The molecule has 0 spiro atoms. The average molecular weight is 550 g/mol. The molecule has 0 unspecified atom stereocenters. The third-order valence-corrected chi connectivity index (χ3v) is 6.84. The summed E-state index contributed by atoms with van der Waals surface area (Å²) < 4.78 is 0. The second-order valence-electron chi connectivity index (χ2n) is 10.4. The van der Waals surface area contributed by atoms with E-state index in [2.05, 4.69) is 20.6 Å². The Morgan fingerprint density at radius 2 is 1.30 bits per heavy atom. The van der Waals surface area contributed by atoms with E-state index < -0.39 is 11.7 Å². The Hall–Kier alpha value is -4.24. The molecule has 1 aromatic heterocycles. The van der Waals surface area contributed by atoms with Gasteiger partial charge in [-0.05, 0) is 43.2 Å². The van der Waals surface area contributed by atoms with Gasteiger partial charge in [0, 0.05) is 61.7 Å². The maximum Gasteiger partial charge on any atom is 0.259 e. The zero-order valence-electron chi connectivity index (χ0n) is 21.9. The molecule has 2 aromatic carbocycles. The molecule has 3 heterocycles. The number of aromatic nitrogens is 3. The molecule has 14 heteroatoms. The van der Waals surface area contributed by atoms with Crippen LogP contribution in [0.15, 0.2) is 42.5 Å². The Morgan fingerprint density at radius 1 is 0.775 bits per heavy atom. The SMILES string of the molecule is N[C@@H]1C[C@H](N)CN(c2nc(Nc3cccc(NC(=O)c4cccc(O)c4O)c3)nc(N3C[C@H](N)C[C@H](N)C3)n2)C1. The van der Waals surface area contributed by atoms with Crippen LogP contribution in [-0.4, -0.2) is 81.4 Å². The van der Waals surface area contributed by atoms with Gasteiger partial charge in [0.2, 0.25) is 17.8 Å². The molecular weight excluding hydrogens is 514 g/mol. The highest BCUT2D eigenvalue weighted by Crippen LogP contribution is 2.29. The summed E-state index contributed by atoms with van der Waals surface area (Å²) in [5, 5.41) is 25.7. The Labute approximate surface area is 231 Å². The summed E-state index contributed by atoms with van der Waals surface area (Å²) in [5.74, 6) is -0.283. The number of carbonyl (C=O) groups excluding carboxylic acids is 1. The van der Waals surface area contributed by atoms with Crippen molar-refractivity contribution in [3.8, 4) is 11.5 Å². The fraction of sp³-hybridized carbons (Fsp3) is 0.385. The van der Waals surface area contributed by atoms with Crippen molar-refractivity contribution in [2.45, 2.75) is 37.0 Å². The van der Waals surface area contributed by atoms with E-state index >= 15 is 0 Å². The maximum atomic E-state index is 12.7. The number of para-hydroxylation sites is 1. The van der Waals surface area contributed by atoms with Crippen LogP contribution < -0.4 is 43.4 Å². The fourth-order valence-corrected chi connectivity index (χ4v) is 5.09. The van der Waals surface area contributed by atoms with Gasteiger partial charge in [-0.15, -0.1) is 0 Å². The zero-order chi connectivity index (χ0) is 28.4. The van der Waals surface area contributed by atoms with Crippen LogP contribution in [0.4, 0.5) is 29.2 Å². The first kappa shape index (κ1) is 27.3. The highest BCUT2D eigenvalue weighted by molar-refractivity contribution is 6.06. The molecule has 0 radical (unpaired) electrons. The van der Waals surface area contributed by atoms with Crippen LogP contribution in [0.5, 0.6) is 11.5 Å². The summed E-state index contributed by atoms with van der Waals surface area (Å²) in [5.41, 5.74) is 25.9. The van der Waals surface area contributed by atoms with Gasteiger partial charge in [-0.1, -0.05) is 12.1 Å². The van der Waals surface area contributed by atoms with E-state index in [4.69, 9.17) is 27.9 Å². The van der Waals surface area contributed by atoms with E-state index in [1.165, 1.54) is 18.2 Å². The molecular formula is C26H35N11O3. The van der Waals surface area contributed by atoms with Crippen LogP contribution >= 0.6 is 0 Å². The summed E-state index contributed by atoms with van der Waals surface area (Å²) in [6, 6.07) is 10.7. The number of nitrogens with one attached hydrogen (secondary N) is 2. The van der Waals surface area contributed by atoms with E-state index in [-0.39, 0.29) is 41.4 Å². The molecule has 5 rings (SSSR count). The second-order valence-corrected chi connectivity index (χ2v) is 10.4. The molecule has 4 atom stereocenters. The highest BCUT2D eigenvalue weighted by atomic mass is 16.3. The maximum absolute atomic E-state index is 12.7. The van der Waals surface area contributed by atoms with Gasteiger partial charge in [-0.3, -0.25) is 4.79 Å². The van der Waals surface area contributed by atoms with Gasteiger partial charge in [-0.25, -0.2) is 0 Å². The van der Waals surface area contributed by atoms with Gasteiger partial charge >= 0.3 is 0 Å². The Kier molecular flexibility index (Phi) is 7.84. The molecule has 2 saturated heterocycles. The number of amides is 1. The van der Waals surface area contributed by atoms with Crippen molar-refractivity contribution in [2.24, 2.45) is 22.9 Å². The number of benzene rings is 2. The number of nitrogens with two attached hydrogens (primary N) is 4. The van der Waals surface area contributed by atoms with Crippen LogP contribution in [0.2, 0.25) is 0 Å². The lowest BCUT2D eigenvalue weighted by atomic mass is 10.0. The summed E-state index contributed by atoms with van der Waals surface area (Å²) in [4.78, 5) is 30.7. The van der Waals surface area contributed by atoms with Crippen molar-refractivity contribution >= 4 is 35.1 Å². The standard InChI is InChI=1S/C26H35N11O3/c27-14-7-15(28)11-36(10-14)25-33-24(34-26(35-25)37-12-16(29)8-17(30)13-37)32-19-4-1-3-18(9-19)31-23(40)20-5-2-6-21(38)22(20)39/h1-6,9,14-17,38-39H,7-8,10-13,27-30H2,(H,31,40)(H,32,33,34,35)/t14-,15+,16-,17+. The van der Waals surface area contributed by atoms with Gasteiger partial charge in [0.15, 0.2) is 11.5 Å². The first-order valence-electron chi connectivity index (χ1n) is 13.1. The van der Waals surface area contributed by atoms with Gasteiger partial charge in [-0.2, -0.15) is 15.0 Å². The third kappa shape index (κ3) is 6.31. The third-order valence-electron chi connectivity index (χ3n) is 6.84. The van der Waals surface area contributed by atoms with E-state index in [9.17, 15) is 15.0 Å². The van der Waals surface area contributed by atoms with Crippen molar-refractivity contribution in [3.63, 3.8) is 0 Å². The molecule has 3 aromatic rings. The van der Waals surface area contributed by atoms with E-state index in [1.807, 2.05) is 9.80 Å². The minimum Gasteiger partial charge on any atom is -0.504 e. The van der Waals surface area contributed by atoms with Gasteiger partial charge in [0.1, 0.15) is 0 Å². The van der Waals surface area contributed by atoms with E-state index in [1.54, 1.807) is 24.3 Å². The lowest BCUT2D eigenvalue weighted by Crippen LogP contribution is -2.54. The lowest BCUT2D eigenvalue weighted by Gasteiger charge is -2.37. The van der Waals surface area contributed by atoms with E-state index in [0.29, 0.717) is 62.3 Å². The van der Waals surface area contributed by atoms with Crippen LogP contribution in [0.25, 0.3) is 0 Å². The summed E-state index contributed by atoms with van der Waals surface area (Å²) in [6.07, 6.45) is 1.43. The molecule has 0 aliphatic carbocycles. The molecule has 12 N–H and O–H groups in total. The van der Waals surface area contributed by atoms with Crippen LogP contribution in [-0.2, 0) is 0 Å². The zero-order valence-corrected chi connectivity index (χ0v) is 21.9. The number of hydrogen-bond donors (Lipinski definition) is 8. The van der Waals surface area contributed by atoms with E-state index in [0.717, 1.165) is 0 Å². The number of carbonyl (C=O) groups is 1. The first-order valence-corrected chi connectivity index (χ1v) is 13.1. The number of hydrogen-bond acceptors (Lipinski definition) is 13. The van der Waals surface area contributed by atoms with Crippen LogP contribution in [0, 0.1) is 0 Å². The van der Waals surface area contributed by atoms with Crippen LogP contribution in [0.3, 0.4) is 0 Å². The molecule has 14 nitrogen and oxygen atoms in total. The minimum absolute atomic E-state index is 0.0546. The average Bonchev–Trinajstić information content (AvgIpc) is 2.89. The van der Waals surface area contributed by atoms with Crippen molar-refractivity contribution in [1.29, 1.82) is 0 Å². The highest BCUT2D eigenvalue weighted by Gasteiger charge is 2.29. The van der Waals surface area contributed by atoms with Gasteiger partial charge in [0.05, 0.1) is 5.56 Å². The number of piperidine rings is 2. The normalized spacial score (nSPS) is 23.1. The molecule has 40 heavy (non-hydrogen) atoms. The lowest BCUT2D eigenvalue weighted by molar-refractivity contribution is 0.102. The largest absolute Gasteiger partial charge is 0.504 e. The Bertz CT molecular complexity index is 1310. The van der Waals surface area contributed by atoms with Gasteiger partial charge in [0.25, 0.3) is 5.91 Å². The fourth-order valence-electron chi connectivity index (χ4n) is 5.09. The van der Waals surface area contributed by atoms with Crippen molar-refractivity contribution in [3.05, 3.63) is 48.0 Å². The predicted octanol–water partition coefficient (Wildman–Crippen LogP) is 0.00810. The van der Waals surface area contributed by atoms with Crippen molar-refractivity contribution in [1.82, 2.24) is 15.0 Å². The van der Waals surface area contributed by atoms with Crippen LogP contribution in [0.1, 0.15) is 23.2 Å². The Morgan fingerprint density at radius 3 is 1.88 bits per heavy atom. The second kappa shape index (κ2) is 11.5. The molecule has 212 valence electrons. The number of anilines is 5. The quantitative estimate of drug-likeness (QED) is 0.190. The molecule has 1 amide bonds. The minimum atomic E-state index is -0.578. The number of nitrogens with zero attached hydrogens (tertiary/aromatic N) is 5. The summed E-state index contributed by atoms with van der Waals surface area (Å²) in [6.45, 7) is 2.22. The number of phenols is 2. The Balaban J connectivity index is 1.41. The summed E-state index contributed by atoms with van der Waals surface area (Å²) >= 11 is 0.